The summed E-state index contributed by atoms with van der Waals surface area (Å²) in [6.07, 6.45) is 2.59. The molecule has 74 valence electrons. The van der Waals surface area contributed by atoms with Gasteiger partial charge in [0.15, 0.2) is 0 Å². The summed E-state index contributed by atoms with van der Waals surface area (Å²) < 4.78 is 0. The van der Waals surface area contributed by atoms with Crippen molar-refractivity contribution in [2.45, 2.75) is 33.6 Å². The van der Waals surface area contributed by atoms with Crippen LogP contribution in [0.1, 0.15) is 33.6 Å². The van der Waals surface area contributed by atoms with Gasteiger partial charge in [0, 0.05) is 13.1 Å². The molecule has 0 aliphatic heterocycles. The molecule has 0 bridgehead atoms. The van der Waals surface area contributed by atoms with Gasteiger partial charge in [-0.25, -0.2) is 0 Å². The topological polar surface area (TPSA) is 24.1 Å². The van der Waals surface area contributed by atoms with Gasteiger partial charge in [-0.2, -0.15) is 0 Å². The summed E-state index contributed by atoms with van der Waals surface area (Å²) in [7, 11) is 0. The van der Waals surface area contributed by atoms with Crippen molar-refractivity contribution in [1.82, 2.24) is 10.6 Å². The van der Waals surface area contributed by atoms with Crippen LogP contribution in [0.25, 0.3) is 0 Å². The Morgan fingerprint density at radius 1 is 0.917 bits per heavy atom. The number of hydrogen-bond donors (Lipinski definition) is 2. The zero-order chi connectivity index (χ0) is 9.23. The molecule has 0 spiro atoms. The molecule has 0 aromatic carbocycles. The lowest BCUT2D eigenvalue weighted by Crippen LogP contribution is -2.30. The second-order valence-electron chi connectivity index (χ2n) is 3.24. The Balaban J connectivity index is 3.06. The molecule has 0 rings (SSSR count). The molecule has 0 heterocycles. The Morgan fingerprint density at radius 2 is 1.50 bits per heavy atom. The molecule has 0 atom stereocenters. The average molecular weight is 172 g/mol. The summed E-state index contributed by atoms with van der Waals surface area (Å²) in [4.78, 5) is 0. The first-order valence-corrected chi connectivity index (χ1v) is 5.26. The lowest BCUT2D eigenvalue weighted by Gasteiger charge is -2.12. The number of hydrogen-bond acceptors (Lipinski definition) is 2. The molecule has 0 saturated heterocycles. The molecule has 0 unspecified atom stereocenters. The fourth-order valence-electron chi connectivity index (χ4n) is 1.24. The zero-order valence-corrected chi connectivity index (χ0v) is 8.82. The van der Waals surface area contributed by atoms with E-state index in [4.69, 9.17) is 0 Å². The van der Waals surface area contributed by atoms with Crippen molar-refractivity contribution in [3.8, 4) is 0 Å². The van der Waals surface area contributed by atoms with Crippen LogP contribution in [0.3, 0.4) is 0 Å². The number of rotatable bonds is 8. The van der Waals surface area contributed by atoms with Crippen LogP contribution in [0.15, 0.2) is 0 Å². The molecule has 12 heavy (non-hydrogen) atoms. The van der Waals surface area contributed by atoms with Crippen molar-refractivity contribution in [2.75, 3.05) is 26.2 Å². The highest BCUT2D eigenvalue weighted by atomic mass is 14.9. The van der Waals surface area contributed by atoms with Crippen molar-refractivity contribution >= 4 is 0 Å². The summed E-state index contributed by atoms with van der Waals surface area (Å²) >= 11 is 0. The third-order valence-corrected chi connectivity index (χ3v) is 2.32. The van der Waals surface area contributed by atoms with Crippen LogP contribution in [0.4, 0.5) is 0 Å². The smallest absolute Gasteiger partial charge is 0.00768 e. The van der Waals surface area contributed by atoms with E-state index >= 15 is 0 Å². The average Bonchev–Trinajstić information content (AvgIpc) is 2.11. The maximum absolute atomic E-state index is 3.46. The summed E-state index contributed by atoms with van der Waals surface area (Å²) in [5.74, 6) is 0.867. The molecule has 0 aromatic heterocycles. The maximum Gasteiger partial charge on any atom is 0.00768 e. The molecule has 0 aliphatic rings. The molecule has 0 radical (unpaired) electrons. The maximum atomic E-state index is 3.46. The van der Waals surface area contributed by atoms with Gasteiger partial charge in [0.25, 0.3) is 0 Å². The number of likely N-dealkylation sites (N-methyl/N-ethyl adjacent to an activating group) is 1. The van der Waals surface area contributed by atoms with Crippen LogP contribution >= 0.6 is 0 Å². The van der Waals surface area contributed by atoms with Crippen molar-refractivity contribution < 1.29 is 0 Å². The molecule has 2 heteroatoms. The standard InChI is InChI=1S/C10H24N2/c1-4-10(5-2)9-12-8-7-11-6-3/h10-12H,4-9H2,1-3H3. The van der Waals surface area contributed by atoms with Gasteiger partial charge in [0.1, 0.15) is 0 Å². The number of nitrogens with one attached hydrogen (secondary N) is 2. The van der Waals surface area contributed by atoms with Crippen molar-refractivity contribution in [2.24, 2.45) is 5.92 Å². The fraction of sp³-hybridized carbons (Fsp3) is 1.00. The van der Waals surface area contributed by atoms with E-state index in [2.05, 4.69) is 31.4 Å². The largest absolute Gasteiger partial charge is 0.316 e. The van der Waals surface area contributed by atoms with Crippen LogP contribution in [-0.2, 0) is 0 Å². The Labute approximate surface area is 77.1 Å². The molecular formula is C10H24N2. The van der Waals surface area contributed by atoms with Crippen LogP contribution in [-0.4, -0.2) is 26.2 Å². The Kier molecular flexibility index (Phi) is 8.95. The molecule has 0 amide bonds. The van der Waals surface area contributed by atoms with Gasteiger partial charge < -0.3 is 10.6 Å². The first-order chi connectivity index (χ1) is 5.85. The van der Waals surface area contributed by atoms with Crippen LogP contribution in [0.5, 0.6) is 0 Å². The van der Waals surface area contributed by atoms with E-state index in [1.165, 1.54) is 19.4 Å². The van der Waals surface area contributed by atoms with E-state index in [9.17, 15) is 0 Å². The van der Waals surface area contributed by atoms with Gasteiger partial charge >= 0.3 is 0 Å². The fourth-order valence-corrected chi connectivity index (χ4v) is 1.24. The Hall–Kier alpha value is -0.0800. The normalized spacial score (nSPS) is 11.0. The van der Waals surface area contributed by atoms with Crippen molar-refractivity contribution in [3.63, 3.8) is 0 Å². The van der Waals surface area contributed by atoms with E-state index in [0.717, 1.165) is 25.6 Å². The highest BCUT2D eigenvalue weighted by Crippen LogP contribution is 2.04. The SMILES string of the molecule is CCNCCNCC(CC)CC. The molecule has 0 fully saturated rings. The first-order valence-electron chi connectivity index (χ1n) is 5.26. The minimum Gasteiger partial charge on any atom is -0.316 e. The van der Waals surface area contributed by atoms with E-state index in [0.29, 0.717) is 0 Å². The Morgan fingerprint density at radius 3 is 2.00 bits per heavy atom. The Bertz CT molecular complexity index is 79.9. The monoisotopic (exact) mass is 172 g/mol. The van der Waals surface area contributed by atoms with Crippen LogP contribution in [0, 0.1) is 5.92 Å². The van der Waals surface area contributed by atoms with Gasteiger partial charge in [-0.15, -0.1) is 0 Å². The predicted molar refractivity (Wildman–Crippen MR) is 55.5 cm³/mol. The second kappa shape index (κ2) is 9.01. The van der Waals surface area contributed by atoms with Crippen LogP contribution < -0.4 is 10.6 Å². The van der Waals surface area contributed by atoms with E-state index in [-0.39, 0.29) is 0 Å². The minimum atomic E-state index is 0.867. The molecule has 0 aromatic rings. The van der Waals surface area contributed by atoms with Crippen LogP contribution in [0.2, 0.25) is 0 Å². The van der Waals surface area contributed by atoms with Gasteiger partial charge in [-0.3, -0.25) is 0 Å². The summed E-state index contributed by atoms with van der Waals surface area (Å²) in [5.41, 5.74) is 0. The zero-order valence-electron chi connectivity index (χ0n) is 8.82. The quantitative estimate of drug-likeness (QED) is 0.544. The van der Waals surface area contributed by atoms with Gasteiger partial charge in [-0.05, 0) is 19.0 Å². The summed E-state index contributed by atoms with van der Waals surface area (Å²) in [5, 5.41) is 6.76. The first kappa shape index (κ1) is 11.9. The summed E-state index contributed by atoms with van der Waals surface area (Å²) in [6, 6.07) is 0. The lowest BCUT2D eigenvalue weighted by molar-refractivity contribution is 0.448. The molecule has 2 nitrogen and oxygen atoms in total. The van der Waals surface area contributed by atoms with Gasteiger partial charge in [0.2, 0.25) is 0 Å². The second-order valence-corrected chi connectivity index (χ2v) is 3.24. The molecular weight excluding hydrogens is 148 g/mol. The van der Waals surface area contributed by atoms with Gasteiger partial charge in [0.05, 0.1) is 0 Å². The van der Waals surface area contributed by atoms with Gasteiger partial charge in [-0.1, -0.05) is 33.6 Å². The molecule has 0 saturated carbocycles. The highest BCUT2D eigenvalue weighted by Gasteiger charge is 2.00. The molecule has 0 aliphatic carbocycles. The third-order valence-electron chi connectivity index (χ3n) is 2.32. The van der Waals surface area contributed by atoms with E-state index in [1.807, 2.05) is 0 Å². The summed E-state index contributed by atoms with van der Waals surface area (Å²) in [6.45, 7) is 11.1. The van der Waals surface area contributed by atoms with Crippen molar-refractivity contribution in [1.29, 1.82) is 0 Å². The third kappa shape index (κ3) is 6.62. The molecule has 2 N–H and O–H groups in total. The van der Waals surface area contributed by atoms with E-state index in [1.54, 1.807) is 0 Å². The van der Waals surface area contributed by atoms with Crippen molar-refractivity contribution in [3.05, 3.63) is 0 Å². The minimum absolute atomic E-state index is 0.867. The highest BCUT2D eigenvalue weighted by molar-refractivity contribution is 4.59. The predicted octanol–water partition coefficient (Wildman–Crippen LogP) is 1.62. The lowest BCUT2D eigenvalue weighted by atomic mass is 10.0. The van der Waals surface area contributed by atoms with E-state index < -0.39 is 0 Å².